The van der Waals surface area contributed by atoms with E-state index >= 15 is 0 Å². The zero-order valence-corrected chi connectivity index (χ0v) is 11.8. The number of rotatable bonds is 2. The summed E-state index contributed by atoms with van der Waals surface area (Å²) in [5.41, 5.74) is 2.05. The fraction of sp³-hybridized carbons (Fsp3) is 0.438. The molecule has 5 heteroatoms. The molecule has 108 valence electrons. The van der Waals surface area contributed by atoms with Crippen molar-refractivity contribution in [2.75, 3.05) is 13.1 Å². The molecule has 1 N–H and O–H groups in total. The molecule has 1 unspecified atom stereocenters. The molecule has 5 nitrogen and oxygen atoms in total. The largest absolute Gasteiger partial charge is 0.336 e. The van der Waals surface area contributed by atoms with Crippen LogP contribution in [0.4, 0.5) is 0 Å². The van der Waals surface area contributed by atoms with Gasteiger partial charge in [0.1, 0.15) is 0 Å². The Labute approximate surface area is 123 Å². The molecule has 4 rings (SSSR count). The Hall–Kier alpha value is -2.17. The van der Waals surface area contributed by atoms with Crippen molar-refractivity contribution in [1.82, 2.24) is 20.3 Å². The average Bonchev–Trinajstić information content (AvgIpc) is 3.14. The van der Waals surface area contributed by atoms with Gasteiger partial charge in [-0.05, 0) is 23.8 Å². The zero-order chi connectivity index (χ0) is 14.3. The Kier molecular flexibility index (Phi) is 2.80. The molecular weight excluding hydrogens is 264 g/mol. The first kappa shape index (κ1) is 12.6. The van der Waals surface area contributed by atoms with E-state index in [0.717, 1.165) is 13.1 Å². The minimum absolute atomic E-state index is 0.00606. The topological polar surface area (TPSA) is 61.9 Å². The van der Waals surface area contributed by atoms with Crippen LogP contribution in [0.2, 0.25) is 0 Å². The van der Waals surface area contributed by atoms with Crippen LogP contribution >= 0.6 is 0 Å². The summed E-state index contributed by atoms with van der Waals surface area (Å²) in [5.74, 6) is 0.441. The van der Waals surface area contributed by atoms with Gasteiger partial charge in [-0.15, -0.1) is 0 Å². The number of aromatic nitrogens is 3. The molecule has 1 atom stereocenters. The van der Waals surface area contributed by atoms with Crippen LogP contribution in [0, 0.1) is 5.41 Å². The summed E-state index contributed by atoms with van der Waals surface area (Å²) in [4.78, 5) is 14.5. The number of hydrogen-bond acceptors (Lipinski definition) is 3. The van der Waals surface area contributed by atoms with Gasteiger partial charge in [0.25, 0.3) is 5.91 Å². The number of carbonyl (C=O) groups is 1. The van der Waals surface area contributed by atoms with Gasteiger partial charge in [0.2, 0.25) is 0 Å². The first-order valence-electron chi connectivity index (χ1n) is 7.48. The zero-order valence-electron chi connectivity index (χ0n) is 11.8. The van der Waals surface area contributed by atoms with Gasteiger partial charge in [0.15, 0.2) is 5.69 Å². The highest BCUT2D eigenvalue weighted by Crippen LogP contribution is 2.55. The third-order valence-electron chi connectivity index (χ3n) is 5.12. The number of nitrogens with one attached hydrogen (secondary N) is 1. The molecule has 2 fully saturated rings. The summed E-state index contributed by atoms with van der Waals surface area (Å²) in [6.45, 7) is 1.63. The van der Waals surface area contributed by atoms with Crippen molar-refractivity contribution in [2.24, 2.45) is 5.41 Å². The van der Waals surface area contributed by atoms with Crippen molar-refractivity contribution in [3.05, 3.63) is 47.8 Å². The summed E-state index contributed by atoms with van der Waals surface area (Å²) < 4.78 is 0. The van der Waals surface area contributed by atoms with E-state index in [1.165, 1.54) is 31.0 Å². The number of H-pyrrole nitrogens is 1. The van der Waals surface area contributed by atoms with Gasteiger partial charge in [-0.2, -0.15) is 15.4 Å². The summed E-state index contributed by atoms with van der Waals surface area (Å²) >= 11 is 0. The Balaban J connectivity index is 1.62. The van der Waals surface area contributed by atoms with Gasteiger partial charge in [0.05, 0.1) is 6.20 Å². The van der Waals surface area contributed by atoms with Crippen LogP contribution in [0.15, 0.2) is 36.5 Å². The van der Waals surface area contributed by atoms with Gasteiger partial charge < -0.3 is 4.90 Å². The molecule has 1 aliphatic carbocycles. The molecule has 1 aromatic carbocycles. The minimum Gasteiger partial charge on any atom is -0.336 e. The predicted molar refractivity (Wildman–Crippen MR) is 77.8 cm³/mol. The lowest BCUT2D eigenvalue weighted by molar-refractivity contribution is 0.0720. The van der Waals surface area contributed by atoms with Gasteiger partial charge in [-0.3, -0.25) is 4.79 Å². The number of amides is 1. The van der Waals surface area contributed by atoms with E-state index in [1.54, 1.807) is 0 Å². The van der Waals surface area contributed by atoms with E-state index < -0.39 is 0 Å². The van der Waals surface area contributed by atoms with E-state index in [-0.39, 0.29) is 11.3 Å². The highest BCUT2D eigenvalue weighted by atomic mass is 16.2. The second-order valence-electron chi connectivity index (χ2n) is 6.22. The van der Waals surface area contributed by atoms with Crippen LogP contribution in [0.3, 0.4) is 0 Å². The van der Waals surface area contributed by atoms with Crippen molar-refractivity contribution in [3.8, 4) is 0 Å². The number of benzene rings is 1. The lowest BCUT2D eigenvalue weighted by Gasteiger charge is -2.43. The third-order valence-corrected chi connectivity index (χ3v) is 5.12. The molecule has 2 aromatic rings. The normalized spacial score (nSPS) is 23.2. The first-order chi connectivity index (χ1) is 10.3. The second-order valence-corrected chi connectivity index (χ2v) is 6.22. The number of hydrogen-bond donors (Lipinski definition) is 1. The summed E-state index contributed by atoms with van der Waals surface area (Å²) in [7, 11) is 0. The Morgan fingerprint density at radius 2 is 2.10 bits per heavy atom. The Bertz CT molecular complexity index is 634. The molecule has 0 radical (unpaired) electrons. The molecule has 1 aromatic heterocycles. The van der Waals surface area contributed by atoms with Crippen LogP contribution in [-0.4, -0.2) is 39.3 Å². The summed E-state index contributed by atoms with van der Waals surface area (Å²) in [6.07, 6.45) is 5.21. The van der Waals surface area contributed by atoms with Crippen molar-refractivity contribution < 1.29 is 4.79 Å². The summed E-state index contributed by atoms with van der Waals surface area (Å²) in [5, 5.41) is 10.2. The van der Waals surface area contributed by atoms with Crippen molar-refractivity contribution >= 4 is 5.91 Å². The molecule has 1 aliphatic heterocycles. The third kappa shape index (κ3) is 1.95. The minimum atomic E-state index is -0.00606. The van der Waals surface area contributed by atoms with Crippen LogP contribution in [0.25, 0.3) is 0 Å². The number of carbonyl (C=O) groups excluding carboxylic acids is 1. The van der Waals surface area contributed by atoms with E-state index in [1.807, 2.05) is 11.0 Å². The number of aromatic amines is 1. The SMILES string of the molecule is O=C(c1cn[nH]n1)N1CC(c2ccccc2)C2(CCC2)C1. The molecule has 2 aliphatic rings. The molecule has 1 saturated carbocycles. The highest BCUT2D eigenvalue weighted by molar-refractivity contribution is 5.92. The van der Waals surface area contributed by atoms with Gasteiger partial charge in [-0.25, -0.2) is 0 Å². The lowest BCUT2D eigenvalue weighted by atomic mass is 9.61. The van der Waals surface area contributed by atoms with Gasteiger partial charge in [-0.1, -0.05) is 36.8 Å². The fourth-order valence-corrected chi connectivity index (χ4v) is 3.87. The van der Waals surface area contributed by atoms with Crippen LogP contribution in [-0.2, 0) is 0 Å². The molecule has 21 heavy (non-hydrogen) atoms. The van der Waals surface area contributed by atoms with Crippen molar-refractivity contribution in [2.45, 2.75) is 25.2 Å². The molecule has 0 bridgehead atoms. The smallest absolute Gasteiger partial charge is 0.276 e. The van der Waals surface area contributed by atoms with E-state index in [9.17, 15) is 4.79 Å². The van der Waals surface area contributed by atoms with Crippen LogP contribution in [0.1, 0.15) is 41.2 Å². The van der Waals surface area contributed by atoms with E-state index in [0.29, 0.717) is 11.6 Å². The fourth-order valence-electron chi connectivity index (χ4n) is 3.87. The van der Waals surface area contributed by atoms with Gasteiger partial charge in [0, 0.05) is 19.0 Å². The maximum Gasteiger partial charge on any atom is 0.276 e. The van der Waals surface area contributed by atoms with Crippen LogP contribution < -0.4 is 0 Å². The number of nitrogens with zero attached hydrogens (tertiary/aromatic N) is 3. The van der Waals surface area contributed by atoms with E-state index in [2.05, 4.69) is 39.7 Å². The Morgan fingerprint density at radius 3 is 2.71 bits per heavy atom. The lowest BCUT2D eigenvalue weighted by Crippen LogP contribution is -2.37. The monoisotopic (exact) mass is 282 g/mol. The predicted octanol–water partition coefficient (Wildman–Crippen LogP) is 2.21. The summed E-state index contributed by atoms with van der Waals surface area (Å²) in [6, 6.07) is 10.6. The molecule has 1 spiro atoms. The van der Waals surface area contributed by atoms with Crippen molar-refractivity contribution in [3.63, 3.8) is 0 Å². The van der Waals surface area contributed by atoms with Crippen molar-refractivity contribution in [1.29, 1.82) is 0 Å². The second kappa shape index (κ2) is 4.69. The maximum absolute atomic E-state index is 12.5. The molecule has 2 heterocycles. The maximum atomic E-state index is 12.5. The average molecular weight is 282 g/mol. The van der Waals surface area contributed by atoms with Gasteiger partial charge >= 0.3 is 0 Å². The number of likely N-dealkylation sites (tertiary alicyclic amines) is 1. The highest BCUT2D eigenvalue weighted by Gasteiger charge is 2.52. The van der Waals surface area contributed by atoms with Crippen LogP contribution in [0.5, 0.6) is 0 Å². The molecular formula is C16H18N4O. The standard InChI is InChI=1S/C16H18N4O/c21-15(14-9-17-19-18-14)20-10-13(12-5-2-1-3-6-12)16(11-20)7-4-8-16/h1-3,5-6,9,13H,4,7-8,10-11H2,(H,17,18,19). The van der Waals surface area contributed by atoms with E-state index in [4.69, 9.17) is 0 Å². The molecule has 1 amide bonds. The Morgan fingerprint density at radius 1 is 1.29 bits per heavy atom. The quantitative estimate of drug-likeness (QED) is 0.918. The molecule has 1 saturated heterocycles. The first-order valence-corrected chi connectivity index (χ1v) is 7.48.